The lowest BCUT2D eigenvalue weighted by atomic mass is 10.1. The highest BCUT2D eigenvalue weighted by atomic mass is 19.4. The van der Waals surface area contributed by atoms with Crippen LogP contribution in [0.4, 0.5) is 13.2 Å². The zero-order valence-electron chi connectivity index (χ0n) is 11.8. The molecule has 2 rings (SSSR count). The van der Waals surface area contributed by atoms with Gasteiger partial charge in [-0.1, -0.05) is 42.5 Å². The zero-order chi connectivity index (χ0) is 16.0. The quantitative estimate of drug-likeness (QED) is 0.766. The van der Waals surface area contributed by atoms with E-state index in [4.69, 9.17) is 4.74 Å². The smallest absolute Gasteiger partial charge is 0.416 e. The summed E-state index contributed by atoms with van der Waals surface area (Å²) < 4.78 is 42.4. The minimum absolute atomic E-state index is 0.137. The number of carbonyl (C=O) groups is 1. The van der Waals surface area contributed by atoms with Crippen LogP contribution in [0.2, 0.25) is 0 Å². The van der Waals surface area contributed by atoms with Crippen molar-refractivity contribution in [3.63, 3.8) is 0 Å². The van der Waals surface area contributed by atoms with Crippen molar-refractivity contribution in [3.8, 4) is 0 Å². The first-order valence-corrected chi connectivity index (χ1v) is 6.81. The van der Waals surface area contributed by atoms with Gasteiger partial charge in [0, 0.05) is 6.42 Å². The second-order valence-electron chi connectivity index (χ2n) is 4.84. The van der Waals surface area contributed by atoms with Gasteiger partial charge in [0.1, 0.15) is 6.61 Å². The molecule has 0 aliphatic carbocycles. The Morgan fingerprint density at radius 3 is 2.14 bits per heavy atom. The van der Waals surface area contributed by atoms with Gasteiger partial charge >= 0.3 is 12.1 Å². The van der Waals surface area contributed by atoms with E-state index in [0.717, 1.165) is 17.7 Å². The summed E-state index contributed by atoms with van der Waals surface area (Å²) in [7, 11) is 0. The van der Waals surface area contributed by atoms with Gasteiger partial charge in [-0.2, -0.15) is 13.2 Å². The molecular weight excluding hydrogens is 293 g/mol. The van der Waals surface area contributed by atoms with Crippen molar-refractivity contribution < 1.29 is 22.7 Å². The summed E-state index contributed by atoms with van der Waals surface area (Å²) in [4.78, 5) is 11.6. The van der Waals surface area contributed by atoms with Gasteiger partial charge in [-0.25, -0.2) is 0 Å². The second kappa shape index (κ2) is 7.11. The third-order valence-electron chi connectivity index (χ3n) is 3.14. The van der Waals surface area contributed by atoms with E-state index >= 15 is 0 Å². The minimum atomic E-state index is -4.34. The van der Waals surface area contributed by atoms with E-state index in [0.29, 0.717) is 12.0 Å². The van der Waals surface area contributed by atoms with Gasteiger partial charge in [-0.15, -0.1) is 0 Å². The normalized spacial score (nSPS) is 11.2. The molecule has 0 saturated heterocycles. The predicted octanol–water partition coefficient (Wildman–Crippen LogP) is 4.38. The molecule has 0 unspecified atom stereocenters. The Hall–Kier alpha value is -2.30. The number of hydrogen-bond donors (Lipinski definition) is 0. The minimum Gasteiger partial charge on any atom is -0.461 e. The van der Waals surface area contributed by atoms with Crippen LogP contribution in [0.3, 0.4) is 0 Å². The third-order valence-corrected chi connectivity index (χ3v) is 3.14. The molecule has 0 N–H and O–H groups in total. The molecule has 2 aromatic carbocycles. The number of rotatable bonds is 5. The van der Waals surface area contributed by atoms with Crippen molar-refractivity contribution >= 4 is 5.97 Å². The summed E-state index contributed by atoms with van der Waals surface area (Å²) in [5.74, 6) is -0.372. The average molecular weight is 308 g/mol. The Labute approximate surface area is 126 Å². The van der Waals surface area contributed by atoms with E-state index in [1.807, 2.05) is 30.3 Å². The molecule has 116 valence electrons. The van der Waals surface area contributed by atoms with Gasteiger partial charge in [-0.3, -0.25) is 4.79 Å². The largest absolute Gasteiger partial charge is 0.461 e. The van der Waals surface area contributed by atoms with Crippen LogP contribution in [-0.4, -0.2) is 5.97 Å². The molecule has 2 nitrogen and oxygen atoms in total. The summed E-state index contributed by atoms with van der Waals surface area (Å²) in [5.41, 5.74) is 0.873. The Morgan fingerprint density at radius 2 is 1.55 bits per heavy atom. The average Bonchev–Trinajstić information content (AvgIpc) is 2.51. The summed E-state index contributed by atoms with van der Waals surface area (Å²) in [6, 6.07) is 14.1. The fourth-order valence-electron chi connectivity index (χ4n) is 1.92. The molecule has 0 spiro atoms. The lowest BCUT2D eigenvalue weighted by Crippen LogP contribution is -2.07. The number of carbonyl (C=O) groups excluding carboxylic acids is 1. The maximum Gasteiger partial charge on any atom is 0.416 e. The Balaban J connectivity index is 1.79. The highest BCUT2D eigenvalue weighted by molar-refractivity contribution is 5.69. The highest BCUT2D eigenvalue weighted by Gasteiger charge is 2.29. The first kappa shape index (κ1) is 16.1. The topological polar surface area (TPSA) is 26.3 Å². The van der Waals surface area contributed by atoms with E-state index in [9.17, 15) is 18.0 Å². The molecule has 22 heavy (non-hydrogen) atoms. The molecule has 0 radical (unpaired) electrons. The monoisotopic (exact) mass is 308 g/mol. The number of halogens is 3. The number of benzene rings is 2. The number of aryl methyl sites for hydroxylation is 1. The van der Waals surface area contributed by atoms with Crippen LogP contribution in [0.15, 0.2) is 54.6 Å². The summed E-state index contributed by atoms with van der Waals surface area (Å²) in [6.45, 7) is 0.201. The Kier molecular flexibility index (Phi) is 5.20. The molecule has 5 heteroatoms. The number of ether oxygens (including phenoxy) is 1. The lowest BCUT2D eigenvalue weighted by Gasteiger charge is -2.08. The molecule has 0 saturated carbocycles. The highest BCUT2D eigenvalue weighted by Crippen LogP contribution is 2.29. The van der Waals surface area contributed by atoms with Crippen molar-refractivity contribution in [1.82, 2.24) is 0 Å². The van der Waals surface area contributed by atoms with Gasteiger partial charge in [-0.05, 0) is 29.7 Å². The van der Waals surface area contributed by atoms with Gasteiger partial charge in [0.05, 0.1) is 5.56 Å². The van der Waals surface area contributed by atoms with Crippen LogP contribution in [0, 0.1) is 0 Å². The molecule has 0 amide bonds. The van der Waals surface area contributed by atoms with Crippen LogP contribution in [-0.2, 0) is 28.7 Å². The van der Waals surface area contributed by atoms with Crippen LogP contribution in [0.25, 0.3) is 0 Å². The van der Waals surface area contributed by atoms with E-state index in [1.165, 1.54) is 12.1 Å². The SMILES string of the molecule is O=C(CCc1ccc(C(F)(F)F)cc1)OCc1ccccc1. The van der Waals surface area contributed by atoms with Crippen molar-refractivity contribution in [1.29, 1.82) is 0 Å². The van der Waals surface area contributed by atoms with Crippen molar-refractivity contribution in [3.05, 3.63) is 71.3 Å². The fraction of sp³-hybridized carbons (Fsp3) is 0.235. The Bertz CT molecular complexity index is 604. The van der Waals surface area contributed by atoms with E-state index in [1.54, 1.807) is 0 Å². The molecule has 0 aliphatic rings. The molecule has 0 bridgehead atoms. The second-order valence-corrected chi connectivity index (χ2v) is 4.84. The molecule has 0 aromatic heterocycles. The van der Waals surface area contributed by atoms with Gasteiger partial charge in [0.2, 0.25) is 0 Å². The lowest BCUT2D eigenvalue weighted by molar-refractivity contribution is -0.145. The van der Waals surface area contributed by atoms with Crippen LogP contribution in [0.5, 0.6) is 0 Å². The third kappa shape index (κ3) is 4.91. The van der Waals surface area contributed by atoms with Gasteiger partial charge in [0.15, 0.2) is 0 Å². The van der Waals surface area contributed by atoms with Crippen molar-refractivity contribution in [2.75, 3.05) is 0 Å². The summed E-state index contributed by atoms with van der Waals surface area (Å²) >= 11 is 0. The first-order valence-electron chi connectivity index (χ1n) is 6.81. The first-order chi connectivity index (χ1) is 10.4. The zero-order valence-corrected chi connectivity index (χ0v) is 11.8. The molecule has 2 aromatic rings. The van der Waals surface area contributed by atoms with Crippen LogP contribution < -0.4 is 0 Å². The number of esters is 1. The number of hydrogen-bond acceptors (Lipinski definition) is 2. The molecule has 0 aliphatic heterocycles. The standard InChI is InChI=1S/C17H15F3O2/c18-17(19,20)15-9-6-13(7-10-15)8-11-16(21)22-12-14-4-2-1-3-5-14/h1-7,9-10H,8,11-12H2. The molecule has 0 atom stereocenters. The van der Waals surface area contributed by atoms with E-state index in [2.05, 4.69) is 0 Å². The molecule has 0 fully saturated rings. The summed E-state index contributed by atoms with van der Waals surface area (Å²) in [5, 5.41) is 0. The van der Waals surface area contributed by atoms with E-state index in [-0.39, 0.29) is 19.0 Å². The van der Waals surface area contributed by atoms with Gasteiger partial charge < -0.3 is 4.74 Å². The summed E-state index contributed by atoms with van der Waals surface area (Å²) in [6.07, 6.45) is -3.85. The molecule has 0 heterocycles. The van der Waals surface area contributed by atoms with E-state index < -0.39 is 11.7 Å². The number of alkyl halides is 3. The van der Waals surface area contributed by atoms with Crippen molar-refractivity contribution in [2.24, 2.45) is 0 Å². The van der Waals surface area contributed by atoms with Crippen LogP contribution >= 0.6 is 0 Å². The predicted molar refractivity (Wildman–Crippen MR) is 76.0 cm³/mol. The molecular formula is C17H15F3O2. The maximum atomic E-state index is 12.4. The Morgan fingerprint density at radius 1 is 0.909 bits per heavy atom. The fourth-order valence-corrected chi connectivity index (χ4v) is 1.92. The van der Waals surface area contributed by atoms with Crippen molar-refractivity contribution in [2.45, 2.75) is 25.6 Å². The van der Waals surface area contributed by atoms with Gasteiger partial charge in [0.25, 0.3) is 0 Å². The van der Waals surface area contributed by atoms with Crippen LogP contribution in [0.1, 0.15) is 23.1 Å². The maximum absolute atomic E-state index is 12.4.